The molecule has 0 saturated carbocycles. The highest BCUT2D eigenvalue weighted by Gasteiger charge is 2.12. The van der Waals surface area contributed by atoms with Gasteiger partial charge in [-0.05, 0) is 187 Å². The second-order valence-corrected chi connectivity index (χ2v) is 16.8. The van der Waals surface area contributed by atoms with Crippen molar-refractivity contribution in [1.29, 1.82) is 0 Å². The van der Waals surface area contributed by atoms with Crippen LogP contribution >= 0.6 is 0 Å². The predicted octanol–water partition coefficient (Wildman–Crippen LogP) is 15.2. The summed E-state index contributed by atoms with van der Waals surface area (Å²) < 4.78 is 29.7. The zero-order chi connectivity index (χ0) is 46.4. The Morgan fingerprint density at radius 1 is 0.185 bits per heavy atom. The molecule has 6 aromatic rings. The second-order valence-electron chi connectivity index (χ2n) is 16.8. The summed E-state index contributed by atoms with van der Waals surface area (Å²) in [6.07, 6.45) is 25.6. The van der Waals surface area contributed by atoms with E-state index in [0.717, 1.165) is 123 Å². The lowest BCUT2D eigenvalue weighted by atomic mass is 9.96. The highest BCUT2D eigenvalue weighted by molar-refractivity contribution is 5.84. The first kappa shape index (κ1) is 45.8. The van der Waals surface area contributed by atoms with Gasteiger partial charge in [-0.1, -0.05) is 85.0 Å². The van der Waals surface area contributed by atoms with Gasteiger partial charge in [0.25, 0.3) is 0 Å². The van der Waals surface area contributed by atoms with E-state index >= 15 is 0 Å². The third kappa shape index (κ3) is 10.3. The van der Waals surface area contributed by atoms with Crippen molar-refractivity contribution in [3.63, 3.8) is 0 Å². The summed E-state index contributed by atoms with van der Waals surface area (Å²) in [5.41, 5.74) is 20.7. The maximum atomic E-state index is 5.94. The third-order valence-corrected chi connectivity index (χ3v) is 12.4. The van der Waals surface area contributed by atoms with E-state index in [1.807, 2.05) is 0 Å². The van der Waals surface area contributed by atoms with Crippen molar-refractivity contribution >= 4 is 72.9 Å². The van der Waals surface area contributed by atoms with Crippen LogP contribution in [0.5, 0.6) is 28.7 Å². The van der Waals surface area contributed by atoms with Crippen LogP contribution in [-0.4, -0.2) is 35.5 Å². The van der Waals surface area contributed by atoms with Crippen molar-refractivity contribution in [3.8, 4) is 28.7 Å². The van der Waals surface area contributed by atoms with E-state index in [0.29, 0.717) is 0 Å². The van der Waals surface area contributed by atoms with Gasteiger partial charge in [0.05, 0.1) is 35.5 Å². The first-order valence-corrected chi connectivity index (χ1v) is 22.0. The van der Waals surface area contributed by atoms with Crippen LogP contribution in [0.25, 0.3) is 72.9 Å². The Morgan fingerprint density at radius 3 is 0.462 bits per heavy atom. The van der Waals surface area contributed by atoms with E-state index < -0.39 is 0 Å². The van der Waals surface area contributed by atoms with Crippen LogP contribution in [0.2, 0.25) is 0 Å². The molecule has 0 N–H and O–H groups in total. The SMILES string of the molecule is COc1cc2c(C)cc1C=Cc1cc(C)c(cc1C)C=Cc1cc(C)c(cc1OC)/C=C/c1cc(C)c(cc1OC)C=Cc1cc(OC)c(cc1C)C=Cc1cc(OC)c(cc1C)C=C2. The Kier molecular flexibility index (Phi) is 14.1. The lowest BCUT2D eigenvalue weighted by Gasteiger charge is -2.13. The van der Waals surface area contributed by atoms with E-state index in [2.05, 4.69) is 194 Å². The summed E-state index contributed by atoms with van der Waals surface area (Å²) in [7, 11) is 8.60. The molecule has 5 heteroatoms. The van der Waals surface area contributed by atoms with Crippen LogP contribution in [-0.2, 0) is 0 Å². The summed E-state index contributed by atoms with van der Waals surface area (Å²) in [6, 6.07) is 25.9. The molecule has 65 heavy (non-hydrogen) atoms. The molecule has 0 radical (unpaired) electrons. The molecule has 0 unspecified atom stereocenters. The van der Waals surface area contributed by atoms with Gasteiger partial charge in [0.2, 0.25) is 0 Å². The van der Waals surface area contributed by atoms with E-state index in [-0.39, 0.29) is 0 Å². The molecule has 0 atom stereocenters. The molecule has 5 nitrogen and oxygen atoms in total. The van der Waals surface area contributed by atoms with Crippen molar-refractivity contribution in [2.24, 2.45) is 0 Å². The van der Waals surface area contributed by atoms with Gasteiger partial charge >= 0.3 is 0 Å². The van der Waals surface area contributed by atoms with Gasteiger partial charge in [-0.2, -0.15) is 0 Å². The fourth-order valence-electron chi connectivity index (χ4n) is 8.36. The zero-order valence-corrected chi connectivity index (χ0v) is 39.9. The number of benzene rings is 6. The molecule has 0 aromatic heterocycles. The van der Waals surface area contributed by atoms with Gasteiger partial charge < -0.3 is 23.7 Å². The molecule has 16 aliphatic rings. The summed E-state index contributed by atoms with van der Waals surface area (Å²) in [4.78, 5) is 0. The molecule has 0 fully saturated rings. The molecule has 0 aliphatic heterocycles. The van der Waals surface area contributed by atoms with Crippen molar-refractivity contribution in [2.75, 3.05) is 35.5 Å². The smallest absolute Gasteiger partial charge is 0.126 e. The van der Waals surface area contributed by atoms with Gasteiger partial charge in [0.15, 0.2) is 0 Å². The molecular formula is C60H60O5. The minimum atomic E-state index is 0.791. The first-order chi connectivity index (χ1) is 31.3. The monoisotopic (exact) mass is 860 g/mol. The van der Waals surface area contributed by atoms with Crippen molar-refractivity contribution in [2.45, 2.75) is 48.5 Å². The average Bonchev–Trinajstić information content (AvgIpc) is 3.29. The highest BCUT2D eigenvalue weighted by atomic mass is 16.5. The average molecular weight is 861 g/mol. The quantitative estimate of drug-likeness (QED) is 0.173. The van der Waals surface area contributed by atoms with E-state index in [1.165, 1.54) is 11.1 Å². The van der Waals surface area contributed by atoms with Crippen molar-refractivity contribution in [1.82, 2.24) is 0 Å². The molecule has 330 valence electrons. The predicted molar refractivity (Wildman–Crippen MR) is 278 cm³/mol. The van der Waals surface area contributed by atoms with Crippen molar-refractivity contribution < 1.29 is 23.7 Å². The topological polar surface area (TPSA) is 46.2 Å². The first-order valence-electron chi connectivity index (χ1n) is 22.0. The van der Waals surface area contributed by atoms with Gasteiger partial charge in [-0.25, -0.2) is 0 Å². The lowest BCUT2D eigenvalue weighted by Crippen LogP contribution is -1.94. The largest absolute Gasteiger partial charge is 0.496 e. The van der Waals surface area contributed by atoms with Gasteiger partial charge in [-0.3, -0.25) is 0 Å². The highest BCUT2D eigenvalue weighted by Crippen LogP contribution is 2.34. The molecule has 12 bridgehead atoms. The van der Waals surface area contributed by atoms with Crippen LogP contribution in [0.15, 0.2) is 72.8 Å². The van der Waals surface area contributed by atoms with Crippen LogP contribution in [0.3, 0.4) is 0 Å². The normalized spacial score (nSPS) is 12.7. The number of hydrogen-bond donors (Lipinski definition) is 0. The van der Waals surface area contributed by atoms with E-state index in [4.69, 9.17) is 23.7 Å². The molecule has 16 aliphatic carbocycles. The Labute approximate surface area is 386 Å². The molecule has 0 amide bonds. The van der Waals surface area contributed by atoms with Crippen molar-refractivity contribution in [3.05, 3.63) is 179 Å². The minimum Gasteiger partial charge on any atom is -0.496 e. The van der Waals surface area contributed by atoms with Crippen LogP contribution in [0.4, 0.5) is 0 Å². The number of aryl methyl sites for hydroxylation is 7. The second kappa shape index (κ2) is 20.1. The van der Waals surface area contributed by atoms with Crippen LogP contribution in [0, 0.1) is 48.5 Å². The summed E-state index contributed by atoms with van der Waals surface area (Å²) in [5.74, 6) is 3.99. The van der Waals surface area contributed by atoms with Crippen LogP contribution in [0.1, 0.15) is 106 Å². The summed E-state index contributed by atoms with van der Waals surface area (Å²) >= 11 is 0. The Hall–Kier alpha value is -7.24. The van der Waals surface area contributed by atoms with Gasteiger partial charge in [0.1, 0.15) is 28.7 Å². The Morgan fingerprint density at radius 2 is 0.308 bits per heavy atom. The number of hydrogen-bond acceptors (Lipinski definition) is 5. The minimum absolute atomic E-state index is 0.791. The summed E-state index contributed by atoms with van der Waals surface area (Å²) in [6.45, 7) is 15.0. The molecule has 6 aromatic carbocycles. The van der Waals surface area contributed by atoms with E-state index in [1.54, 1.807) is 35.5 Å². The maximum Gasteiger partial charge on any atom is 0.126 e. The fourth-order valence-corrected chi connectivity index (χ4v) is 8.36. The number of methoxy groups -OCH3 is 5. The molecular weight excluding hydrogens is 801 g/mol. The molecule has 0 saturated heterocycles. The fraction of sp³-hybridized carbons (Fsp3) is 0.200. The Balaban J connectivity index is 1.33. The molecule has 22 rings (SSSR count). The van der Waals surface area contributed by atoms with Gasteiger partial charge in [0, 0.05) is 27.8 Å². The lowest BCUT2D eigenvalue weighted by molar-refractivity contribution is 0.413. The molecule has 0 spiro atoms. The zero-order valence-electron chi connectivity index (χ0n) is 39.9. The maximum absolute atomic E-state index is 5.94. The number of ether oxygens (including phenoxy) is 5. The third-order valence-electron chi connectivity index (χ3n) is 12.4. The number of rotatable bonds is 5. The van der Waals surface area contributed by atoms with E-state index in [9.17, 15) is 0 Å². The Bertz CT molecular complexity index is 2970. The van der Waals surface area contributed by atoms with Crippen LogP contribution < -0.4 is 23.7 Å². The standard InChI is InChI=1S/C60H60O5/c1-37-26-45-16-21-52-30-42(6)49(35-59(52)64-11)19-24-55-31-43(7)50(36-60(55)65-12)18-23-54-28-40(4)47(33-57(54)62-9)14-13-46-32-56(61-8)53(27-39(46)3)22-17-48-34-58(63-10)51(29-41(48)5)20-15-44(37)25-38(45)2/h13-36H,1-12H3/b14-13?,20-15?,21-16?,22-17+,23-18?,24-19?,44-15?,45-16?,46-13?,47-14?,48-17?,49-19?,50-18?,51-20?,52-21?,53-22?,54-23?,55-24?. The van der Waals surface area contributed by atoms with Gasteiger partial charge in [-0.15, -0.1) is 0 Å². The molecule has 0 heterocycles. The summed E-state index contributed by atoms with van der Waals surface area (Å²) in [5, 5.41) is 0.